The average Bonchev–Trinajstić information content (AvgIpc) is 2.51. The monoisotopic (exact) mass is 300 g/mol. The van der Waals surface area contributed by atoms with Crippen molar-refractivity contribution in [3.8, 4) is 0 Å². The molecule has 0 aliphatic carbocycles. The maximum atomic E-state index is 12.2. The highest BCUT2D eigenvalue weighted by Gasteiger charge is 2.17. The van der Waals surface area contributed by atoms with Crippen molar-refractivity contribution in [2.45, 2.75) is 25.7 Å². The smallest absolute Gasteiger partial charge is 0.224 e. The molecule has 1 aromatic carbocycles. The Labute approximate surface area is 130 Å². The molecule has 22 heavy (non-hydrogen) atoms. The van der Waals surface area contributed by atoms with Crippen molar-refractivity contribution in [1.82, 2.24) is 4.90 Å². The summed E-state index contributed by atoms with van der Waals surface area (Å²) in [5, 5.41) is 2.78. The third-order valence-corrected chi connectivity index (χ3v) is 3.72. The van der Waals surface area contributed by atoms with Gasteiger partial charge in [-0.25, -0.2) is 0 Å². The number of nitrogens with zero attached hydrogens (tertiary/aromatic N) is 1. The molecule has 0 saturated heterocycles. The molecule has 5 heteroatoms. The Balaban J connectivity index is 1.97. The lowest BCUT2D eigenvalue weighted by Crippen LogP contribution is -2.27. The number of anilines is 1. The zero-order valence-corrected chi connectivity index (χ0v) is 12.7. The number of likely N-dealkylation sites (N-methyl/N-ethyl adjacent to an activating group) is 1. The molecule has 2 amide bonds. The molecule has 0 aromatic heterocycles. The summed E-state index contributed by atoms with van der Waals surface area (Å²) in [5.74, 6) is -0.124. The molecule has 0 unspecified atom stereocenters. The fraction of sp³-hybridized carbons (Fsp3) is 0.353. The van der Waals surface area contributed by atoms with E-state index in [0.29, 0.717) is 24.9 Å². The number of ketones is 1. The summed E-state index contributed by atoms with van der Waals surface area (Å²) >= 11 is 0. The summed E-state index contributed by atoms with van der Waals surface area (Å²) in [7, 11) is 1.69. The summed E-state index contributed by atoms with van der Waals surface area (Å²) in [5.41, 5.74) is 2.34. The molecule has 0 spiro atoms. The largest absolute Gasteiger partial charge is 0.342 e. The summed E-state index contributed by atoms with van der Waals surface area (Å²) < 4.78 is 0. The summed E-state index contributed by atoms with van der Waals surface area (Å²) in [6.45, 7) is 4.06. The highest BCUT2D eigenvalue weighted by molar-refractivity contribution is 6.00. The van der Waals surface area contributed by atoms with Gasteiger partial charge in [-0.3, -0.25) is 14.4 Å². The summed E-state index contributed by atoms with van der Waals surface area (Å²) in [6, 6.07) is 5.27. The van der Waals surface area contributed by atoms with Crippen molar-refractivity contribution in [1.29, 1.82) is 0 Å². The van der Waals surface area contributed by atoms with Crippen molar-refractivity contribution in [3.63, 3.8) is 0 Å². The highest BCUT2D eigenvalue weighted by atomic mass is 16.2. The minimum atomic E-state index is -0.0709. The maximum absolute atomic E-state index is 12.2. The lowest BCUT2D eigenvalue weighted by Gasteiger charge is -2.17. The number of carbonyl (C=O) groups excluding carboxylic acids is 3. The van der Waals surface area contributed by atoms with Gasteiger partial charge in [0.25, 0.3) is 0 Å². The van der Waals surface area contributed by atoms with Gasteiger partial charge < -0.3 is 10.2 Å². The van der Waals surface area contributed by atoms with Gasteiger partial charge in [0.2, 0.25) is 11.8 Å². The van der Waals surface area contributed by atoms with E-state index in [1.165, 1.54) is 0 Å². The second-order valence-electron chi connectivity index (χ2n) is 5.41. The van der Waals surface area contributed by atoms with Crippen LogP contribution in [-0.2, 0) is 16.0 Å². The van der Waals surface area contributed by atoms with E-state index in [4.69, 9.17) is 0 Å². The zero-order valence-electron chi connectivity index (χ0n) is 12.7. The van der Waals surface area contributed by atoms with Gasteiger partial charge in [0.05, 0.1) is 0 Å². The van der Waals surface area contributed by atoms with Gasteiger partial charge >= 0.3 is 0 Å². The number of fused-ring (bicyclic) bond motifs is 1. The normalized spacial score (nSPS) is 13.0. The quantitative estimate of drug-likeness (QED) is 0.647. The van der Waals surface area contributed by atoms with Crippen LogP contribution in [0, 0.1) is 0 Å². The number of hydrogen-bond donors (Lipinski definition) is 1. The molecule has 1 aliphatic heterocycles. The van der Waals surface area contributed by atoms with Crippen molar-refractivity contribution < 1.29 is 14.4 Å². The number of hydrogen-bond acceptors (Lipinski definition) is 3. The SMILES string of the molecule is C=CCN(C)C(=O)CCC(=O)c1ccc2c(c1)CCC(=O)N2. The van der Waals surface area contributed by atoms with Gasteiger partial charge in [-0.2, -0.15) is 0 Å². The highest BCUT2D eigenvalue weighted by Crippen LogP contribution is 2.24. The fourth-order valence-electron chi connectivity index (χ4n) is 2.41. The molecule has 0 saturated carbocycles. The van der Waals surface area contributed by atoms with Gasteiger partial charge in [0.1, 0.15) is 0 Å². The molecule has 1 aliphatic rings. The Morgan fingerprint density at radius 1 is 1.32 bits per heavy atom. The topological polar surface area (TPSA) is 66.5 Å². The third kappa shape index (κ3) is 3.81. The number of carbonyl (C=O) groups is 3. The van der Waals surface area contributed by atoms with Crippen molar-refractivity contribution in [2.75, 3.05) is 18.9 Å². The molecule has 1 N–H and O–H groups in total. The van der Waals surface area contributed by atoms with Crippen LogP contribution in [0.25, 0.3) is 0 Å². The first-order valence-corrected chi connectivity index (χ1v) is 7.32. The summed E-state index contributed by atoms with van der Waals surface area (Å²) in [4.78, 5) is 36.9. The van der Waals surface area contributed by atoms with Crippen molar-refractivity contribution >= 4 is 23.3 Å². The number of Topliss-reactive ketones (excluding diaryl/α,β-unsaturated/α-hetero) is 1. The van der Waals surface area contributed by atoms with E-state index in [0.717, 1.165) is 11.3 Å². The van der Waals surface area contributed by atoms with Crippen LogP contribution in [0.2, 0.25) is 0 Å². The van der Waals surface area contributed by atoms with Gasteiger partial charge in [-0.05, 0) is 30.2 Å². The van der Waals surface area contributed by atoms with Crippen LogP contribution < -0.4 is 5.32 Å². The van der Waals surface area contributed by atoms with Crippen LogP contribution in [0.15, 0.2) is 30.9 Å². The molecular weight excluding hydrogens is 280 g/mol. The molecule has 0 fully saturated rings. The molecule has 0 atom stereocenters. The van der Waals surface area contributed by atoms with Crippen molar-refractivity contribution in [2.24, 2.45) is 0 Å². The zero-order chi connectivity index (χ0) is 16.1. The second-order valence-corrected chi connectivity index (χ2v) is 5.41. The molecule has 0 radical (unpaired) electrons. The molecule has 1 aromatic rings. The van der Waals surface area contributed by atoms with Crippen molar-refractivity contribution in [3.05, 3.63) is 42.0 Å². The van der Waals surface area contributed by atoms with E-state index >= 15 is 0 Å². The lowest BCUT2D eigenvalue weighted by atomic mass is 9.97. The third-order valence-electron chi connectivity index (χ3n) is 3.72. The number of benzene rings is 1. The molecule has 116 valence electrons. The first-order valence-electron chi connectivity index (χ1n) is 7.32. The number of rotatable bonds is 6. The number of nitrogens with one attached hydrogen (secondary N) is 1. The minimum Gasteiger partial charge on any atom is -0.342 e. The Kier molecular flexibility index (Phi) is 5.09. The van der Waals surface area contributed by atoms with E-state index in [1.54, 1.807) is 30.2 Å². The predicted molar refractivity (Wildman–Crippen MR) is 84.8 cm³/mol. The van der Waals surface area contributed by atoms with E-state index < -0.39 is 0 Å². The van der Waals surface area contributed by atoms with Crippen LogP contribution in [0.5, 0.6) is 0 Å². The average molecular weight is 300 g/mol. The van der Waals surface area contributed by atoms with Crippen LogP contribution in [0.1, 0.15) is 35.2 Å². The summed E-state index contributed by atoms with van der Waals surface area (Å²) in [6.07, 6.45) is 3.11. The van der Waals surface area contributed by atoms with Gasteiger partial charge in [-0.1, -0.05) is 6.08 Å². The lowest BCUT2D eigenvalue weighted by molar-refractivity contribution is -0.129. The van der Waals surface area contributed by atoms with Gasteiger partial charge in [0.15, 0.2) is 5.78 Å². The minimum absolute atomic E-state index is 0.00225. The molecular formula is C17H20N2O3. The fourth-order valence-corrected chi connectivity index (χ4v) is 2.41. The molecule has 1 heterocycles. The van der Waals surface area contributed by atoms with Crippen LogP contribution in [0.3, 0.4) is 0 Å². The Bertz CT molecular complexity index is 622. The predicted octanol–water partition coefficient (Wildman–Crippen LogP) is 2.18. The Morgan fingerprint density at radius 3 is 2.82 bits per heavy atom. The Hall–Kier alpha value is -2.43. The number of amides is 2. The van der Waals surface area contributed by atoms with Crippen LogP contribution >= 0.6 is 0 Å². The Morgan fingerprint density at radius 2 is 2.09 bits per heavy atom. The number of aryl methyl sites for hydroxylation is 1. The van der Waals surface area contributed by atoms with Gasteiger partial charge in [-0.15, -0.1) is 6.58 Å². The standard InChI is InChI=1S/C17H20N2O3/c1-3-10-19(2)17(22)9-7-15(20)13-4-6-14-12(11-13)5-8-16(21)18-14/h3-4,6,11H,1,5,7-10H2,2H3,(H,18,21). The second kappa shape index (κ2) is 7.02. The molecule has 5 nitrogen and oxygen atoms in total. The van der Waals surface area contributed by atoms with E-state index in [-0.39, 0.29) is 30.4 Å². The molecule has 2 rings (SSSR count). The van der Waals surface area contributed by atoms with E-state index in [1.807, 2.05) is 6.07 Å². The van der Waals surface area contributed by atoms with Crippen LogP contribution in [-0.4, -0.2) is 36.1 Å². The first-order chi connectivity index (χ1) is 10.5. The van der Waals surface area contributed by atoms with Crippen LogP contribution in [0.4, 0.5) is 5.69 Å². The first kappa shape index (κ1) is 15.9. The maximum Gasteiger partial charge on any atom is 0.224 e. The van der Waals surface area contributed by atoms with E-state index in [9.17, 15) is 14.4 Å². The van der Waals surface area contributed by atoms with Gasteiger partial charge in [0, 0.05) is 44.1 Å². The molecule has 0 bridgehead atoms. The van der Waals surface area contributed by atoms with E-state index in [2.05, 4.69) is 11.9 Å².